The number of benzene rings is 2. The second-order valence-corrected chi connectivity index (χ2v) is 9.20. The Morgan fingerprint density at radius 2 is 1.88 bits per heavy atom. The zero-order valence-electron chi connectivity index (χ0n) is 18.3. The largest absolute Gasteiger partial charge is 0.497 e. The van der Waals surface area contributed by atoms with E-state index < -0.39 is 41.1 Å². The summed E-state index contributed by atoms with van der Waals surface area (Å²) in [6.45, 7) is 0.0668. The second-order valence-electron chi connectivity index (χ2n) is 8.79. The molecule has 4 N–H and O–H groups in total. The molecule has 0 aromatic heterocycles. The van der Waals surface area contributed by atoms with Gasteiger partial charge in [0.05, 0.1) is 36.2 Å². The number of nitrogens with zero attached hydrogens (tertiary/aromatic N) is 1. The molecule has 3 aliphatic heterocycles. The highest BCUT2D eigenvalue weighted by molar-refractivity contribution is 6.35. The summed E-state index contributed by atoms with van der Waals surface area (Å²) < 4.78 is 5.17. The zero-order chi connectivity index (χ0) is 24.2. The zero-order valence-corrected chi connectivity index (χ0v) is 19.1. The van der Waals surface area contributed by atoms with E-state index in [2.05, 4.69) is 10.6 Å². The van der Waals surface area contributed by atoms with Crippen LogP contribution < -0.4 is 21.1 Å². The van der Waals surface area contributed by atoms with Crippen molar-refractivity contribution in [3.63, 3.8) is 0 Å². The number of likely N-dealkylation sites (tertiary alicyclic amines) is 1. The van der Waals surface area contributed by atoms with Gasteiger partial charge in [-0.1, -0.05) is 35.9 Å². The van der Waals surface area contributed by atoms with Crippen LogP contribution in [0.1, 0.15) is 24.0 Å². The molecule has 2 fully saturated rings. The maximum Gasteiger partial charge on any atom is 0.250 e. The van der Waals surface area contributed by atoms with Crippen molar-refractivity contribution in [3.8, 4) is 5.75 Å². The summed E-state index contributed by atoms with van der Waals surface area (Å²) in [4.78, 5) is 53.4. The highest BCUT2D eigenvalue weighted by Gasteiger charge is 2.70. The van der Waals surface area contributed by atoms with Gasteiger partial charge in [0.15, 0.2) is 0 Å². The van der Waals surface area contributed by atoms with Gasteiger partial charge in [-0.15, -0.1) is 0 Å². The number of rotatable bonds is 6. The average Bonchev–Trinajstić information content (AvgIpc) is 3.40. The molecule has 4 atom stereocenters. The first-order valence-electron chi connectivity index (χ1n) is 10.9. The number of anilines is 1. The number of amides is 4. The van der Waals surface area contributed by atoms with Crippen molar-refractivity contribution < 1.29 is 23.9 Å². The average molecular weight is 483 g/mol. The van der Waals surface area contributed by atoms with Crippen LogP contribution in [0.5, 0.6) is 5.75 Å². The van der Waals surface area contributed by atoms with Crippen molar-refractivity contribution in [2.45, 2.75) is 31.0 Å². The maximum atomic E-state index is 13.7. The van der Waals surface area contributed by atoms with Gasteiger partial charge < -0.3 is 15.8 Å². The Balaban J connectivity index is 1.56. The lowest BCUT2D eigenvalue weighted by Crippen LogP contribution is -2.53. The fourth-order valence-corrected chi connectivity index (χ4v) is 5.69. The van der Waals surface area contributed by atoms with Crippen LogP contribution in [0, 0.1) is 11.8 Å². The molecule has 0 bridgehead atoms. The van der Waals surface area contributed by atoms with E-state index in [1.54, 1.807) is 49.6 Å². The fourth-order valence-electron chi connectivity index (χ4n) is 5.47. The Kier molecular flexibility index (Phi) is 5.33. The van der Waals surface area contributed by atoms with Gasteiger partial charge in [0, 0.05) is 18.0 Å². The molecule has 0 aliphatic carbocycles. The van der Waals surface area contributed by atoms with Crippen molar-refractivity contribution >= 4 is 40.9 Å². The molecule has 2 aromatic rings. The predicted octanol–water partition coefficient (Wildman–Crippen LogP) is 1.53. The van der Waals surface area contributed by atoms with Gasteiger partial charge in [-0.2, -0.15) is 0 Å². The Morgan fingerprint density at radius 1 is 1.15 bits per heavy atom. The Hall–Kier alpha value is -3.43. The highest BCUT2D eigenvalue weighted by atomic mass is 35.5. The lowest BCUT2D eigenvalue weighted by atomic mass is 9.76. The summed E-state index contributed by atoms with van der Waals surface area (Å²) in [5, 5.41) is 6.38. The topological polar surface area (TPSA) is 131 Å². The third-order valence-electron chi connectivity index (χ3n) is 6.99. The number of carbonyl (C=O) groups is 4. The number of ether oxygens (including phenoxy) is 1. The molecule has 1 spiro atoms. The monoisotopic (exact) mass is 482 g/mol. The summed E-state index contributed by atoms with van der Waals surface area (Å²) in [5.41, 5.74) is 5.58. The molecule has 9 nitrogen and oxygen atoms in total. The van der Waals surface area contributed by atoms with Gasteiger partial charge in [-0.05, 0) is 30.2 Å². The quantitative estimate of drug-likeness (QED) is 0.535. The lowest BCUT2D eigenvalue weighted by molar-refractivity contribution is -0.143. The first-order chi connectivity index (χ1) is 16.3. The number of nitrogens with two attached hydrogens (primary N) is 1. The summed E-state index contributed by atoms with van der Waals surface area (Å²) in [6, 6.07) is 11.5. The first-order valence-corrected chi connectivity index (χ1v) is 11.3. The number of hydrogen-bond donors (Lipinski definition) is 3. The number of methoxy groups -OCH3 is 1. The van der Waals surface area contributed by atoms with Crippen LogP contribution in [-0.2, 0) is 31.3 Å². The van der Waals surface area contributed by atoms with Crippen LogP contribution >= 0.6 is 11.6 Å². The molecule has 3 heterocycles. The third-order valence-corrected chi connectivity index (χ3v) is 7.31. The standard InChI is InChI=1S/C24H23ClN4O5/c1-34-13-7-5-12(6-8-13)11-29-21(31)18-16(9-10-17(26)30)28-24(19(18)22(29)32)14-3-2-4-15(25)20(14)27-23(24)33/h2-8,16,18-19,28H,9-11H2,1H3,(H2,26,30)(H,27,33)/t16-,18+,19-,24+/m0/s1. The molecule has 2 saturated heterocycles. The minimum Gasteiger partial charge on any atom is -0.497 e. The van der Waals surface area contributed by atoms with Crippen molar-refractivity contribution in [1.29, 1.82) is 0 Å². The molecule has 2 aromatic carbocycles. The van der Waals surface area contributed by atoms with Crippen molar-refractivity contribution in [2.24, 2.45) is 17.6 Å². The minimum atomic E-state index is -1.46. The summed E-state index contributed by atoms with van der Waals surface area (Å²) in [7, 11) is 1.55. The Labute approximate surface area is 200 Å². The van der Waals surface area contributed by atoms with Crippen LogP contribution in [0.25, 0.3) is 0 Å². The van der Waals surface area contributed by atoms with Gasteiger partial charge in [0.2, 0.25) is 23.6 Å². The van der Waals surface area contributed by atoms with Crippen LogP contribution in [0.3, 0.4) is 0 Å². The van der Waals surface area contributed by atoms with Gasteiger partial charge in [0.25, 0.3) is 0 Å². The second kappa shape index (κ2) is 8.11. The molecule has 0 unspecified atom stereocenters. The predicted molar refractivity (Wildman–Crippen MR) is 123 cm³/mol. The number of halogens is 1. The van der Waals surface area contributed by atoms with Gasteiger partial charge in [-0.3, -0.25) is 29.4 Å². The van der Waals surface area contributed by atoms with Crippen LogP contribution in [0.4, 0.5) is 5.69 Å². The smallest absolute Gasteiger partial charge is 0.250 e. The minimum absolute atomic E-state index is 0.0148. The molecule has 10 heteroatoms. The number of para-hydroxylation sites is 1. The number of carbonyl (C=O) groups excluding carboxylic acids is 4. The van der Waals surface area contributed by atoms with Gasteiger partial charge >= 0.3 is 0 Å². The van der Waals surface area contributed by atoms with E-state index >= 15 is 0 Å². The van der Waals surface area contributed by atoms with E-state index in [0.717, 1.165) is 5.56 Å². The number of imide groups is 1. The molecule has 3 aliphatic rings. The molecule has 176 valence electrons. The van der Waals surface area contributed by atoms with Gasteiger partial charge in [-0.25, -0.2) is 0 Å². The van der Waals surface area contributed by atoms with Crippen molar-refractivity contribution in [1.82, 2.24) is 10.2 Å². The highest BCUT2D eigenvalue weighted by Crippen LogP contribution is 2.54. The summed E-state index contributed by atoms with van der Waals surface area (Å²) >= 11 is 6.33. The molecule has 34 heavy (non-hydrogen) atoms. The molecule has 4 amide bonds. The van der Waals surface area contributed by atoms with Crippen molar-refractivity contribution in [3.05, 3.63) is 58.6 Å². The van der Waals surface area contributed by atoms with E-state index in [1.807, 2.05) is 0 Å². The SMILES string of the molecule is COc1ccc(CN2C(=O)[C@@H]3[C@H](CCC(N)=O)N[C@@]4(C(=O)Nc5c(Cl)cccc54)[C@@H]3C2=O)cc1. The molecular formula is C24H23ClN4O5. The molecule has 0 saturated carbocycles. The Bertz CT molecular complexity index is 1220. The number of primary amides is 1. The number of fused-ring (bicyclic) bond motifs is 4. The third kappa shape index (κ3) is 3.19. The van der Waals surface area contributed by atoms with E-state index in [0.29, 0.717) is 22.0 Å². The van der Waals surface area contributed by atoms with Crippen LogP contribution in [0.2, 0.25) is 5.02 Å². The van der Waals surface area contributed by atoms with Crippen molar-refractivity contribution in [2.75, 3.05) is 12.4 Å². The summed E-state index contributed by atoms with van der Waals surface area (Å²) in [5.74, 6) is -2.93. The van der Waals surface area contributed by atoms with E-state index in [-0.39, 0.29) is 25.3 Å². The van der Waals surface area contributed by atoms with E-state index in [9.17, 15) is 19.2 Å². The normalized spacial score (nSPS) is 27.2. The van der Waals surface area contributed by atoms with E-state index in [1.165, 1.54) is 4.90 Å². The number of nitrogens with one attached hydrogen (secondary N) is 2. The fraction of sp³-hybridized carbons (Fsp3) is 0.333. The lowest BCUT2D eigenvalue weighted by Gasteiger charge is -2.29. The summed E-state index contributed by atoms with van der Waals surface area (Å²) in [6.07, 6.45) is 0.234. The van der Waals surface area contributed by atoms with E-state index in [4.69, 9.17) is 22.1 Å². The number of hydrogen-bond acceptors (Lipinski definition) is 6. The molecule has 5 rings (SSSR count). The maximum absolute atomic E-state index is 13.7. The molecule has 0 radical (unpaired) electrons. The van der Waals surface area contributed by atoms with Crippen LogP contribution in [0.15, 0.2) is 42.5 Å². The van der Waals surface area contributed by atoms with Crippen LogP contribution in [-0.4, -0.2) is 41.7 Å². The van der Waals surface area contributed by atoms with Gasteiger partial charge in [0.1, 0.15) is 11.3 Å². The first kappa shape index (κ1) is 22.4. The Morgan fingerprint density at radius 3 is 2.56 bits per heavy atom. The molecular weight excluding hydrogens is 460 g/mol.